The molecule has 0 atom stereocenters. The number of carbonyl (C=O) groups excluding carboxylic acids is 1. The monoisotopic (exact) mass is 252 g/mol. The van der Waals surface area contributed by atoms with Gasteiger partial charge in [-0.05, 0) is 36.1 Å². The minimum Gasteiger partial charge on any atom is -0.421 e. The summed E-state index contributed by atoms with van der Waals surface area (Å²) >= 11 is 0. The number of rotatable bonds is 3. The van der Waals surface area contributed by atoms with E-state index in [2.05, 4.69) is 6.58 Å². The summed E-state index contributed by atoms with van der Waals surface area (Å²) < 4.78 is 17.3. The molecule has 0 heterocycles. The Hall–Kier alpha value is -1.64. The van der Waals surface area contributed by atoms with Gasteiger partial charge >= 0.3 is 5.97 Å². The maximum Gasteiger partial charge on any atom is 0.371 e. The van der Waals surface area contributed by atoms with Crippen LogP contribution in [-0.2, 0) is 4.79 Å². The topological polar surface area (TPSA) is 26.3 Å². The Morgan fingerprint density at radius 1 is 1.33 bits per heavy atom. The lowest BCUT2D eigenvalue weighted by molar-refractivity contribution is -0.131. The molecule has 0 N–H and O–H groups in total. The highest BCUT2D eigenvalue weighted by Gasteiger charge is 2.11. The van der Waals surface area contributed by atoms with Crippen molar-refractivity contribution in [2.75, 3.05) is 0 Å². The molecule has 0 aromatic heterocycles. The van der Waals surface area contributed by atoms with Crippen molar-refractivity contribution >= 4 is 5.97 Å². The molecule has 0 radical (unpaired) electrons. The number of hydrogen-bond donors (Lipinski definition) is 0. The molecule has 0 saturated heterocycles. The molecule has 0 fully saturated rings. The summed E-state index contributed by atoms with van der Waals surface area (Å²) in [5.74, 6) is -1.46. The minimum absolute atomic E-state index is 0.326. The second kappa shape index (κ2) is 7.64. The molecule has 0 bridgehead atoms. The van der Waals surface area contributed by atoms with Crippen LogP contribution in [0.25, 0.3) is 0 Å². The van der Waals surface area contributed by atoms with Crippen LogP contribution in [0.5, 0.6) is 5.75 Å². The molecule has 1 aromatic carbocycles. The molecule has 0 spiro atoms. The van der Waals surface area contributed by atoms with Gasteiger partial charge in [0.25, 0.3) is 0 Å². The summed E-state index contributed by atoms with van der Waals surface area (Å²) in [6.45, 7) is 13.0. The first-order valence-electron chi connectivity index (χ1n) is 6.09. The van der Waals surface area contributed by atoms with Gasteiger partial charge in [-0.2, -0.15) is 4.39 Å². The van der Waals surface area contributed by atoms with Gasteiger partial charge in [-0.3, -0.25) is 0 Å². The van der Waals surface area contributed by atoms with Crippen molar-refractivity contribution in [3.05, 3.63) is 41.7 Å². The van der Waals surface area contributed by atoms with Gasteiger partial charge in [-0.15, -0.1) is 0 Å². The van der Waals surface area contributed by atoms with Gasteiger partial charge in [0.05, 0.1) is 0 Å². The molecular weight excluding hydrogens is 231 g/mol. The molecule has 1 rings (SSSR count). The van der Waals surface area contributed by atoms with Crippen LogP contribution in [-0.4, -0.2) is 5.97 Å². The fraction of sp³-hybridized carbons (Fsp3) is 0.400. The fourth-order valence-corrected chi connectivity index (χ4v) is 1.47. The average Bonchev–Trinajstić information content (AvgIpc) is 2.33. The minimum atomic E-state index is -1.09. The van der Waals surface area contributed by atoms with Crippen LogP contribution in [0, 0.1) is 6.92 Å². The first kappa shape index (κ1) is 16.4. The average molecular weight is 252 g/mol. The number of hydrogen-bond acceptors (Lipinski definition) is 2. The molecule has 0 saturated carbocycles. The smallest absolute Gasteiger partial charge is 0.371 e. The largest absolute Gasteiger partial charge is 0.421 e. The lowest BCUT2D eigenvalue weighted by atomic mass is 9.98. The van der Waals surface area contributed by atoms with Crippen LogP contribution in [0.2, 0.25) is 0 Å². The summed E-state index contributed by atoms with van der Waals surface area (Å²) in [7, 11) is 0. The summed E-state index contributed by atoms with van der Waals surface area (Å²) in [4.78, 5) is 11.0. The van der Waals surface area contributed by atoms with E-state index in [1.54, 1.807) is 12.1 Å². The van der Waals surface area contributed by atoms with Crippen molar-refractivity contribution in [3.8, 4) is 5.75 Å². The molecule has 0 aliphatic heterocycles. The summed E-state index contributed by atoms with van der Waals surface area (Å²) in [6, 6.07) is 5.24. The third-order valence-electron chi connectivity index (χ3n) is 2.30. The highest BCUT2D eigenvalue weighted by atomic mass is 19.1. The molecule has 0 aliphatic carbocycles. The molecule has 0 unspecified atom stereocenters. The molecular formula is C15H21FO2. The third kappa shape index (κ3) is 4.70. The highest BCUT2D eigenvalue weighted by Crippen LogP contribution is 2.24. The number of esters is 1. The van der Waals surface area contributed by atoms with Crippen LogP contribution in [0.4, 0.5) is 4.39 Å². The Morgan fingerprint density at radius 2 is 1.89 bits per heavy atom. The van der Waals surface area contributed by atoms with E-state index in [1.165, 1.54) is 0 Å². The zero-order valence-corrected chi connectivity index (χ0v) is 11.7. The number of aryl methyl sites for hydroxylation is 1. The molecule has 0 amide bonds. The Kier molecular flexibility index (Phi) is 6.94. The standard InChI is InChI=1S/C13H15FO2.C2H6/c1-8(2)12-7-11(6-5-9(12)3)16-13(15)10(4)14;1-2/h5-8H,4H2,1-3H3;1-2H3. The van der Waals surface area contributed by atoms with Crippen molar-refractivity contribution in [3.63, 3.8) is 0 Å². The third-order valence-corrected chi connectivity index (χ3v) is 2.30. The fourth-order valence-electron chi connectivity index (χ4n) is 1.47. The van der Waals surface area contributed by atoms with Crippen molar-refractivity contribution in [1.82, 2.24) is 0 Å². The lowest BCUT2D eigenvalue weighted by Gasteiger charge is -2.11. The first-order valence-corrected chi connectivity index (χ1v) is 6.09. The van der Waals surface area contributed by atoms with E-state index >= 15 is 0 Å². The van der Waals surface area contributed by atoms with E-state index in [9.17, 15) is 9.18 Å². The maximum absolute atomic E-state index is 12.5. The van der Waals surface area contributed by atoms with E-state index in [0.717, 1.165) is 11.1 Å². The number of carbonyl (C=O) groups is 1. The van der Waals surface area contributed by atoms with Crippen LogP contribution in [0.15, 0.2) is 30.6 Å². The quantitative estimate of drug-likeness (QED) is 0.448. The molecule has 2 nitrogen and oxygen atoms in total. The van der Waals surface area contributed by atoms with Crippen molar-refractivity contribution < 1.29 is 13.9 Å². The summed E-state index contributed by atoms with van der Waals surface area (Å²) in [5, 5.41) is 0. The zero-order valence-electron chi connectivity index (χ0n) is 11.7. The second-order valence-electron chi connectivity index (χ2n) is 3.97. The number of halogens is 1. The van der Waals surface area contributed by atoms with E-state index < -0.39 is 11.8 Å². The predicted octanol–water partition coefficient (Wildman–Crippen LogP) is 4.53. The second-order valence-corrected chi connectivity index (χ2v) is 3.97. The first-order chi connectivity index (χ1) is 8.41. The zero-order chi connectivity index (χ0) is 14.3. The Labute approximate surface area is 108 Å². The normalized spacial score (nSPS) is 9.50. The SMILES string of the molecule is C=C(F)C(=O)Oc1ccc(C)c(C(C)C)c1.CC. The van der Waals surface area contributed by atoms with E-state index in [1.807, 2.05) is 40.7 Å². The molecule has 0 aliphatic rings. The summed E-state index contributed by atoms with van der Waals surface area (Å²) in [6.07, 6.45) is 0. The Bertz CT molecular complexity index is 423. The van der Waals surface area contributed by atoms with Gasteiger partial charge in [-0.25, -0.2) is 4.79 Å². The number of ether oxygens (including phenoxy) is 1. The Morgan fingerprint density at radius 3 is 2.33 bits per heavy atom. The maximum atomic E-state index is 12.5. The van der Waals surface area contributed by atoms with Gasteiger partial charge in [0, 0.05) is 0 Å². The van der Waals surface area contributed by atoms with Gasteiger partial charge in [0.2, 0.25) is 5.83 Å². The van der Waals surface area contributed by atoms with Crippen LogP contribution >= 0.6 is 0 Å². The van der Waals surface area contributed by atoms with E-state index in [-0.39, 0.29) is 0 Å². The molecule has 18 heavy (non-hydrogen) atoms. The van der Waals surface area contributed by atoms with Crippen molar-refractivity contribution in [2.24, 2.45) is 0 Å². The molecule has 100 valence electrons. The van der Waals surface area contributed by atoms with E-state index in [0.29, 0.717) is 11.7 Å². The van der Waals surface area contributed by atoms with Crippen molar-refractivity contribution in [2.45, 2.75) is 40.5 Å². The van der Waals surface area contributed by atoms with Crippen LogP contribution in [0.3, 0.4) is 0 Å². The summed E-state index contributed by atoms with van der Waals surface area (Å²) in [5.41, 5.74) is 2.20. The van der Waals surface area contributed by atoms with E-state index in [4.69, 9.17) is 4.74 Å². The van der Waals surface area contributed by atoms with Crippen LogP contribution < -0.4 is 4.74 Å². The predicted molar refractivity (Wildman–Crippen MR) is 72.5 cm³/mol. The van der Waals surface area contributed by atoms with Crippen molar-refractivity contribution in [1.29, 1.82) is 0 Å². The molecule has 1 aromatic rings. The number of benzene rings is 1. The molecule has 3 heteroatoms. The van der Waals surface area contributed by atoms with Gasteiger partial charge in [0.15, 0.2) is 0 Å². The van der Waals surface area contributed by atoms with Gasteiger partial charge in [0.1, 0.15) is 5.75 Å². The Balaban J connectivity index is 0.00000137. The van der Waals surface area contributed by atoms with Gasteiger partial charge in [-0.1, -0.05) is 40.3 Å². The highest BCUT2D eigenvalue weighted by molar-refractivity contribution is 5.87. The van der Waals surface area contributed by atoms with Gasteiger partial charge < -0.3 is 4.74 Å². The lowest BCUT2D eigenvalue weighted by Crippen LogP contribution is -2.08. The van der Waals surface area contributed by atoms with Crippen LogP contribution in [0.1, 0.15) is 44.7 Å².